The summed E-state index contributed by atoms with van der Waals surface area (Å²) in [5, 5.41) is 10.8. The Balaban J connectivity index is -0.000000407. The molecule has 0 heterocycles. The van der Waals surface area contributed by atoms with Crippen LogP contribution >= 0.6 is 0 Å². The summed E-state index contributed by atoms with van der Waals surface area (Å²) in [6.07, 6.45) is 7.35. The van der Waals surface area contributed by atoms with Crippen LogP contribution in [-0.2, 0) is 46.2 Å². The topological polar surface area (TPSA) is 106 Å². The molecule has 1 rings (SSSR count). The van der Waals surface area contributed by atoms with Gasteiger partial charge in [0, 0.05) is 36.3 Å². The normalized spacial score (nSPS) is 11.1. The molecule has 0 bridgehead atoms. The Hall–Kier alpha value is -2.05. The van der Waals surface area contributed by atoms with Gasteiger partial charge in [0.25, 0.3) is 0 Å². The van der Waals surface area contributed by atoms with Crippen molar-refractivity contribution < 1.29 is 45.7 Å². The van der Waals surface area contributed by atoms with Crippen molar-refractivity contribution in [3.8, 4) is 11.8 Å². The molecule has 0 aromatic heterocycles. The summed E-state index contributed by atoms with van der Waals surface area (Å²) < 4.78 is 27.1. The van der Waals surface area contributed by atoms with E-state index in [1.165, 1.54) is 6.47 Å². The van der Waals surface area contributed by atoms with Crippen molar-refractivity contribution in [1.82, 2.24) is 0 Å². The van der Waals surface area contributed by atoms with Crippen LogP contribution in [0.4, 0.5) is 0 Å². The first kappa shape index (κ1) is 34.5. The fourth-order valence-corrected chi connectivity index (χ4v) is 1.83. The maximum absolute atomic E-state index is 10.8. The van der Waals surface area contributed by atoms with Gasteiger partial charge in [-0.1, -0.05) is 62.0 Å². The predicted molar refractivity (Wildman–Crippen MR) is 98.6 cm³/mol. The van der Waals surface area contributed by atoms with Gasteiger partial charge in [0.05, 0.1) is 6.10 Å². The van der Waals surface area contributed by atoms with Gasteiger partial charge in [-0.05, 0) is 25.3 Å². The molecule has 1 aromatic rings. The fourth-order valence-electron chi connectivity index (χ4n) is 1.83. The summed E-state index contributed by atoms with van der Waals surface area (Å²) in [6, 6.07) is 9.27. The maximum atomic E-state index is 10.8. The molecule has 0 unspecified atom stereocenters. The molecule has 0 saturated heterocycles. The second kappa shape index (κ2) is 25.9. The van der Waals surface area contributed by atoms with E-state index in [1.807, 2.05) is 30.3 Å². The second-order valence-corrected chi connectivity index (χ2v) is 5.00. The first-order valence-corrected chi connectivity index (χ1v) is 8.07. The van der Waals surface area contributed by atoms with Gasteiger partial charge in [0.15, 0.2) is 5.60 Å². The monoisotopic (exact) mass is 438 g/mol. The molecular weight excluding hydrogens is 416 g/mol. The summed E-state index contributed by atoms with van der Waals surface area (Å²) >= 11 is 0. The molecule has 6 nitrogen and oxygen atoms in total. The summed E-state index contributed by atoms with van der Waals surface area (Å²) in [7, 11) is 0. The number of aliphatic hydroxyl groups is 1. The van der Waals surface area contributed by atoms with Crippen molar-refractivity contribution in [2.45, 2.75) is 44.8 Å². The van der Waals surface area contributed by atoms with Crippen LogP contribution in [0.5, 0.6) is 0 Å². The van der Waals surface area contributed by atoms with E-state index in [2.05, 4.69) is 43.5 Å². The molecule has 7 heteroatoms. The van der Waals surface area contributed by atoms with Crippen LogP contribution in [0.2, 0.25) is 0 Å². The van der Waals surface area contributed by atoms with E-state index in [4.69, 9.17) is 14.0 Å². The van der Waals surface area contributed by atoms with Crippen molar-refractivity contribution in [3.05, 3.63) is 75.1 Å². The Labute approximate surface area is 184 Å². The zero-order chi connectivity index (χ0) is 22.3. The van der Waals surface area contributed by atoms with E-state index >= 15 is 0 Å². The molecule has 0 aliphatic carbocycles. The Bertz CT molecular complexity index is 601. The van der Waals surface area contributed by atoms with Gasteiger partial charge in [-0.3, -0.25) is 0 Å². The standard InChI is InChI=1S/C19H22O3.3CO.Fe/c1-3-4-5-9-14-19(21,18-12-7-6-8-13-18)15-10-11-17(2)22-16-20;3*1-2;/h6-8,10-13,15,17,21H,3-5H2,1-2H3;;;;/q-1;;;;/t17-,19+;;;;/m0..../s1. The van der Waals surface area contributed by atoms with E-state index in [1.54, 1.807) is 26.2 Å². The second-order valence-electron chi connectivity index (χ2n) is 5.00. The van der Waals surface area contributed by atoms with Gasteiger partial charge in [0.1, 0.15) is 0 Å². The van der Waals surface area contributed by atoms with E-state index in [0.717, 1.165) is 19.3 Å². The molecule has 2 atom stereocenters. The quantitative estimate of drug-likeness (QED) is 0.211. The van der Waals surface area contributed by atoms with Crippen LogP contribution in [0.25, 0.3) is 0 Å². The van der Waals surface area contributed by atoms with Crippen LogP contribution in [0.15, 0.2) is 30.3 Å². The smallest absolute Gasteiger partial charge is 0 e. The third-order valence-corrected chi connectivity index (χ3v) is 3.10. The molecule has 0 amide bonds. The molecule has 1 aromatic carbocycles. The van der Waals surface area contributed by atoms with Gasteiger partial charge in [-0.25, -0.2) is 0 Å². The summed E-state index contributed by atoms with van der Waals surface area (Å²) in [4.78, 5) is 10.1. The van der Waals surface area contributed by atoms with Gasteiger partial charge in [-0.15, -0.1) is 0 Å². The van der Waals surface area contributed by atoms with Crippen LogP contribution in [0, 0.1) is 51.1 Å². The zero-order valence-corrected chi connectivity index (χ0v) is 17.3. The summed E-state index contributed by atoms with van der Waals surface area (Å²) in [5.74, 6) is 5.96. The SMILES string of the molecule is CCCCC#C[C@@](O)([CH][CH][CH][C@H](C)O[C-]=O)c1ccccc1.[C-]#[O+].[C-]#[O+].[C-]#[O+].[Fe]. The van der Waals surface area contributed by atoms with Crippen molar-refractivity contribution >= 4 is 6.47 Å². The molecule has 1 N–H and O–H groups in total. The van der Waals surface area contributed by atoms with E-state index in [-0.39, 0.29) is 17.1 Å². The Kier molecular flexibility index (Phi) is 30.8. The number of hydrogen-bond donors (Lipinski definition) is 1. The third kappa shape index (κ3) is 17.8. The first-order valence-electron chi connectivity index (χ1n) is 8.07. The van der Waals surface area contributed by atoms with Crippen LogP contribution in [0.3, 0.4) is 0 Å². The predicted octanol–water partition coefficient (Wildman–Crippen LogP) is 3.04. The van der Waals surface area contributed by atoms with E-state index in [0.29, 0.717) is 5.56 Å². The Morgan fingerprint density at radius 1 is 1.21 bits per heavy atom. The fraction of sp³-hybridized carbons (Fsp3) is 0.318. The van der Waals surface area contributed by atoms with Crippen LogP contribution < -0.4 is 0 Å². The van der Waals surface area contributed by atoms with Crippen molar-refractivity contribution in [3.63, 3.8) is 0 Å². The number of rotatable bonds is 9. The van der Waals surface area contributed by atoms with Crippen molar-refractivity contribution in [2.24, 2.45) is 0 Å². The average Bonchev–Trinajstić information content (AvgIpc) is 2.76. The zero-order valence-electron chi connectivity index (χ0n) is 16.2. The minimum Gasteiger partial charge on any atom is 0 e. The molecule has 0 saturated carbocycles. The molecule has 29 heavy (non-hydrogen) atoms. The number of unbranched alkanes of at least 4 members (excludes halogenated alkanes) is 2. The summed E-state index contributed by atoms with van der Waals surface area (Å²) in [6.45, 7) is 18.7. The molecule has 3 radical (unpaired) electrons. The minimum atomic E-state index is -1.35. The Morgan fingerprint density at radius 3 is 2.24 bits per heavy atom. The molecule has 0 aliphatic heterocycles. The largest absolute Gasteiger partial charge is 0 e. The molecule has 155 valence electrons. The van der Waals surface area contributed by atoms with Gasteiger partial charge >= 0.3 is 33.9 Å². The molecule has 0 fully saturated rings. The van der Waals surface area contributed by atoms with Crippen LogP contribution in [0.1, 0.15) is 38.7 Å². The Morgan fingerprint density at radius 2 is 1.76 bits per heavy atom. The van der Waals surface area contributed by atoms with E-state index < -0.39 is 11.7 Å². The third-order valence-electron chi connectivity index (χ3n) is 3.10. The van der Waals surface area contributed by atoms with Gasteiger partial charge in [-0.2, -0.15) is 0 Å². The molecular formula is C22H22FeO6-. The number of benzene rings is 1. The number of carbonyl (C=O) groups excluding carboxylic acids is 1. The number of ether oxygens (including phenoxy) is 1. The van der Waals surface area contributed by atoms with Crippen molar-refractivity contribution in [2.75, 3.05) is 0 Å². The van der Waals surface area contributed by atoms with Crippen LogP contribution in [-0.4, -0.2) is 17.7 Å². The minimum absolute atomic E-state index is 0. The first-order chi connectivity index (χ1) is 13.6. The van der Waals surface area contributed by atoms with Crippen molar-refractivity contribution in [1.29, 1.82) is 0 Å². The molecule has 0 spiro atoms. The van der Waals surface area contributed by atoms with Gasteiger partial charge < -0.3 is 14.6 Å². The van der Waals surface area contributed by atoms with Gasteiger partial charge in [0.2, 0.25) is 0 Å². The maximum Gasteiger partial charge on any atom is 0 e. The molecule has 0 aliphatic rings. The number of hydrogen-bond acceptors (Lipinski definition) is 3. The summed E-state index contributed by atoms with van der Waals surface area (Å²) in [5.41, 5.74) is -0.644. The average molecular weight is 438 g/mol. The van der Waals surface area contributed by atoms with E-state index in [9.17, 15) is 9.90 Å².